The number of hydrogen-bond acceptors (Lipinski definition) is 8. The van der Waals surface area contributed by atoms with Crippen molar-refractivity contribution in [3.05, 3.63) is 102 Å². The Hall–Kier alpha value is -4.71. The Morgan fingerprint density at radius 2 is 1.86 bits per heavy atom. The van der Waals surface area contributed by atoms with Crippen molar-refractivity contribution < 1.29 is 14.3 Å². The van der Waals surface area contributed by atoms with Crippen LogP contribution in [0.15, 0.2) is 68.3 Å². The number of amides is 1. The zero-order valence-electron chi connectivity index (χ0n) is 23.0. The number of aromatic nitrogens is 4. The van der Waals surface area contributed by atoms with Crippen LogP contribution in [-0.2, 0) is 24.4 Å². The predicted molar refractivity (Wildman–Crippen MR) is 159 cm³/mol. The van der Waals surface area contributed by atoms with E-state index in [4.69, 9.17) is 9.47 Å². The molecule has 216 valence electrons. The summed E-state index contributed by atoms with van der Waals surface area (Å²) in [6, 6.07) is 14.1. The van der Waals surface area contributed by atoms with Gasteiger partial charge >= 0.3 is 5.69 Å². The quantitative estimate of drug-likeness (QED) is 0.249. The second-order valence-electron chi connectivity index (χ2n) is 10.2. The summed E-state index contributed by atoms with van der Waals surface area (Å²) in [5, 5.41) is 4.69. The maximum atomic E-state index is 13.5. The van der Waals surface area contributed by atoms with E-state index in [1.807, 2.05) is 37.3 Å². The highest BCUT2D eigenvalue weighted by molar-refractivity contribution is 7.17. The third-order valence-electron chi connectivity index (χ3n) is 7.30. The lowest BCUT2D eigenvalue weighted by molar-refractivity contribution is -0.121. The molecule has 1 aromatic carbocycles. The van der Waals surface area contributed by atoms with Crippen molar-refractivity contribution in [2.75, 3.05) is 6.79 Å². The topological polar surface area (TPSA) is 126 Å². The van der Waals surface area contributed by atoms with Gasteiger partial charge in [0.15, 0.2) is 11.5 Å². The number of nitrogens with zero attached hydrogens (tertiary/aromatic N) is 4. The minimum absolute atomic E-state index is 0.0650. The number of hydrogen-bond donors (Lipinski definition) is 1. The predicted octanol–water partition coefficient (Wildman–Crippen LogP) is 3.19. The standard InChI is InChI=1S/C30H29N5O6S/c1-19-6-5-7-25-32-21(15-27(37)35(19)25)17-34-22-11-13-42-28(22)29(38)33(30(34)39)12-4-2-3-8-26(36)31-16-20-9-10-23-24(14-20)41-18-40-23/h5-7,9-11,13-15H,2-4,8,12,16-18H2,1H3,(H,31,36). The van der Waals surface area contributed by atoms with Crippen LogP contribution in [0.5, 0.6) is 11.5 Å². The van der Waals surface area contributed by atoms with E-state index in [-0.39, 0.29) is 36.9 Å². The molecule has 11 nitrogen and oxygen atoms in total. The lowest BCUT2D eigenvalue weighted by atomic mass is 10.1. The lowest BCUT2D eigenvalue weighted by Crippen LogP contribution is -2.40. The minimum Gasteiger partial charge on any atom is -0.454 e. The Balaban J connectivity index is 1.09. The number of pyridine rings is 1. The smallest absolute Gasteiger partial charge is 0.331 e. The van der Waals surface area contributed by atoms with Crippen LogP contribution < -0.4 is 31.6 Å². The van der Waals surface area contributed by atoms with Gasteiger partial charge in [-0.25, -0.2) is 9.78 Å². The molecule has 1 amide bonds. The van der Waals surface area contributed by atoms with E-state index >= 15 is 0 Å². The number of thiophene rings is 1. The summed E-state index contributed by atoms with van der Waals surface area (Å²) in [7, 11) is 0. The molecule has 0 bridgehead atoms. The Kier molecular flexibility index (Phi) is 7.62. The molecule has 0 fully saturated rings. The third kappa shape index (κ3) is 5.45. The fourth-order valence-electron chi connectivity index (χ4n) is 5.16. The second kappa shape index (κ2) is 11.6. The Labute approximate surface area is 243 Å². The molecule has 6 rings (SSSR count). The SMILES string of the molecule is Cc1cccc2nc(Cn3c(=O)n(CCCCCC(=O)NCc4ccc5c(c4)OCO5)c(=O)c4sccc43)cc(=O)n12. The van der Waals surface area contributed by atoms with Gasteiger partial charge in [-0.2, -0.15) is 0 Å². The molecule has 0 saturated carbocycles. The zero-order valence-corrected chi connectivity index (χ0v) is 23.8. The van der Waals surface area contributed by atoms with Gasteiger partial charge in [-0.15, -0.1) is 11.3 Å². The number of aryl methyl sites for hydroxylation is 1. The number of ether oxygens (including phenoxy) is 2. The molecular weight excluding hydrogens is 558 g/mol. The molecule has 1 aliphatic rings. The molecule has 5 aromatic rings. The summed E-state index contributed by atoms with van der Waals surface area (Å²) in [5.41, 5.74) is 2.16. The highest BCUT2D eigenvalue weighted by atomic mass is 32.1. The number of rotatable bonds is 10. The first-order chi connectivity index (χ1) is 20.4. The summed E-state index contributed by atoms with van der Waals surface area (Å²) < 4.78 is 15.4. The van der Waals surface area contributed by atoms with E-state index in [1.54, 1.807) is 17.5 Å². The van der Waals surface area contributed by atoms with Crippen LogP contribution in [-0.4, -0.2) is 31.2 Å². The van der Waals surface area contributed by atoms with Gasteiger partial charge in [0.1, 0.15) is 10.3 Å². The molecule has 0 aliphatic carbocycles. The molecule has 1 aliphatic heterocycles. The number of benzene rings is 1. The molecule has 4 aromatic heterocycles. The van der Waals surface area contributed by atoms with Gasteiger partial charge in [0, 0.05) is 31.3 Å². The fraction of sp³-hybridized carbons (Fsp3) is 0.300. The van der Waals surface area contributed by atoms with Gasteiger partial charge in [0.05, 0.1) is 17.8 Å². The normalized spacial score (nSPS) is 12.3. The summed E-state index contributed by atoms with van der Waals surface area (Å²) in [6.07, 6.45) is 2.21. The lowest BCUT2D eigenvalue weighted by Gasteiger charge is -2.13. The average Bonchev–Trinajstić information content (AvgIpc) is 3.65. The second-order valence-corrected chi connectivity index (χ2v) is 11.1. The van der Waals surface area contributed by atoms with Crippen molar-refractivity contribution in [3.63, 3.8) is 0 Å². The molecule has 0 atom stereocenters. The maximum absolute atomic E-state index is 13.5. The van der Waals surface area contributed by atoms with E-state index in [0.717, 1.165) is 11.3 Å². The molecular formula is C30H29N5O6S. The van der Waals surface area contributed by atoms with Crippen molar-refractivity contribution in [3.8, 4) is 11.5 Å². The summed E-state index contributed by atoms with van der Waals surface area (Å²) in [4.78, 5) is 56.4. The highest BCUT2D eigenvalue weighted by Crippen LogP contribution is 2.32. The van der Waals surface area contributed by atoms with Gasteiger partial charge in [-0.1, -0.05) is 18.6 Å². The average molecular weight is 588 g/mol. The monoisotopic (exact) mass is 587 g/mol. The Bertz CT molecular complexity index is 1990. The first kappa shape index (κ1) is 27.5. The molecule has 0 saturated heterocycles. The van der Waals surface area contributed by atoms with E-state index < -0.39 is 5.69 Å². The maximum Gasteiger partial charge on any atom is 0.331 e. The van der Waals surface area contributed by atoms with E-state index in [9.17, 15) is 19.2 Å². The molecule has 0 spiro atoms. The van der Waals surface area contributed by atoms with Crippen LogP contribution in [0.2, 0.25) is 0 Å². The highest BCUT2D eigenvalue weighted by Gasteiger charge is 2.16. The molecule has 5 heterocycles. The summed E-state index contributed by atoms with van der Waals surface area (Å²) in [5.74, 6) is 1.31. The van der Waals surface area contributed by atoms with E-state index in [1.165, 1.54) is 30.9 Å². The summed E-state index contributed by atoms with van der Waals surface area (Å²) in [6.45, 7) is 2.73. The van der Waals surface area contributed by atoms with Crippen LogP contribution >= 0.6 is 11.3 Å². The molecule has 0 radical (unpaired) electrons. The molecule has 0 unspecified atom stereocenters. The van der Waals surface area contributed by atoms with Crippen LogP contribution in [0, 0.1) is 6.92 Å². The molecule has 1 N–H and O–H groups in total. The molecule has 12 heteroatoms. The third-order valence-corrected chi connectivity index (χ3v) is 8.19. The van der Waals surface area contributed by atoms with Crippen LogP contribution in [0.25, 0.3) is 15.9 Å². The van der Waals surface area contributed by atoms with Gasteiger partial charge in [0.25, 0.3) is 11.1 Å². The number of nitrogens with one attached hydrogen (secondary N) is 1. The van der Waals surface area contributed by atoms with E-state index in [2.05, 4.69) is 10.3 Å². The largest absolute Gasteiger partial charge is 0.454 e. The van der Waals surface area contributed by atoms with E-state index in [0.29, 0.717) is 65.3 Å². The zero-order chi connectivity index (χ0) is 29.2. The first-order valence-corrected chi connectivity index (χ1v) is 14.6. The van der Waals surface area contributed by atoms with Gasteiger partial charge in [-0.05, 0) is 61.0 Å². The van der Waals surface area contributed by atoms with Crippen molar-refractivity contribution in [1.29, 1.82) is 0 Å². The fourth-order valence-corrected chi connectivity index (χ4v) is 6.01. The number of unbranched alkanes of at least 4 members (excludes halogenated alkanes) is 2. The Morgan fingerprint density at radius 1 is 1.00 bits per heavy atom. The number of carbonyl (C=O) groups excluding carboxylic acids is 1. The van der Waals surface area contributed by atoms with Crippen LogP contribution in [0.3, 0.4) is 0 Å². The summed E-state index contributed by atoms with van der Waals surface area (Å²) >= 11 is 1.28. The van der Waals surface area contributed by atoms with Crippen LogP contribution in [0.1, 0.15) is 42.6 Å². The van der Waals surface area contributed by atoms with Gasteiger partial charge in [-0.3, -0.25) is 27.9 Å². The molecule has 42 heavy (non-hydrogen) atoms. The van der Waals surface area contributed by atoms with Gasteiger partial charge < -0.3 is 14.8 Å². The van der Waals surface area contributed by atoms with Crippen molar-refractivity contribution in [2.45, 2.75) is 52.2 Å². The van der Waals surface area contributed by atoms with Crippen molar-refractivity contribution in [2.24, 2.45) is 0 Å². The first-order valence-electron chi connectivity index (χ1n) is 13.7. The van der Waals surface area contributed by atoms with Crippen LogP contribution in [0.4, 0.5) is 0 Å². The van der Waals surface area contributed by atoms with Gasteiger partial charge in [0.2, 0.25) is 12.7 Å². The van der Waals surface area contributed by atoms with Crippen molar-refractivity contribution >= 4 is 33.1 Å². The number of carbonyl (C=O) groups is 1. The minimum atomic E-state index is -0.446. The number of fused-ring (bicyclic) bond motifs is 3. The van der Waals surface area contributed by atoms with Crippen molar-refractivity contribution in [1.82, 2.24) is 23.8 Å². The Morgan fingerprint density at radius 3 is 2.74 bits per heavy atom.